The topological polar surface area (TPSA) is 12.0 Å². The molecule has 2 rings (SSSR count). The average molecular weight is 345 g/mol. The molecule has 0 aliphatic rings. The largest absolute Gasteiger partial charge is 0.306 e. The Hall–Kier alpha value is -0.350. The Morgan fingerprint density at radius 1 is 1.39 bits per heavy atom. The molecular weight excluding hydrogens is 330 g/mol. The van der Waals surface area contributed by atoms with E-state index in [1.807, 2.05) is 11.4 Å². The smallest absolute Gasteiger partial charge is 0.0688 e. The zero-order chi connectivity index (χ0) is 13.1. The molecule has 4 heteroatoms. The van der Waals surface area contributed by atoms with E-state index in [9.17, 15) is 0 Å². The molecule has 0 amide bonds. The fourth-order valence-corrected chi connectivity index (χ4v) is 3.76. The van der Waals surface area contributed by atoms with Crippen LogP contribution in [0.4, 0.5) is 0 Å². The predicted octanol–water partition coefficient (Wildman–Crippen LogP) is 5.17. The van der Waals surface area contributed by atoms with Gasteiger partial charge in [0.25, 0.3) is 0 Å². The maximum atomic E-state index is 6.26. The summed E-state index contributed by atoms with van der Waals surface area (Å²) in [5.74, 6) is 0. The SMILES string of the molecule is CCNC(c1ccc(Br)cc1C)c1sccc1Cl. The number of hydrogen-bond acceptors (Lipinski definition) is 2. The summed E-state index contributed by atoms with van der Waals surface area (Å²) in [5, 5.41) is 6.39. The highest BCUT2D eigenvalue weighted by atomic mass is 79.9. The van der Waals surface area contributed by atoms with Gasteiger partial charge in [0, 0.05) is 9.35 Å². The zero-order valence-corrected chi connectivity index (χ0v) is 13.5. The molecule has 0 saturated heterocycles. The van der Waals surface area contributed by atoms with Gasteiger partial charge in [0.15, 0.2) is 0 Å². The van der Waals surface area contributed by atoms with Gasteiger partial charge in [-0.15, -0.1) is 11.3 Å². The van der Waals surface area contributed by atoms with Crippen LogP contribution >= 0.6 is 38.9 Å². The van der Waals surface area contributed by atoms with Crippen molar-refractivity contribution in [1.29, 1.82) is 0 Å². The predicted molar refractivity (Wildman–Crippen MR) is 83.7 cm³/mol. The number of aryl methyl sites for hydroxylation is 1. The first-order valence-corrected chi connectivity index (χ1v) is 7.91. The molecule has 1 N–H and O–H groups in total. The summed E-state index contributed by atoms with van der Waals surface area (Å²) in [4.78, 5) is 1.18. The lowest BCUT2D eigenvalue weighted by atomic mass is 10.00. The molecule has 1 aromatic carbocycles. The van der Waals surface area contributed by atoms with Gasteiger partial charge in [0.1, 0.15) is 0 Å². The van der Waals surface area contributed by atoms with E-state index >= 15 is 0 Å². The third-order valence-electron chi connectivity index (χ3n) is 2.86. The Morgan fingerprint density at radius 3 is 2.72 bits per heavy atom. The summed E-state index contributed by atoms with van der Waals surface area (Å²) in [6.07, 6.45) is 0. The van der Waals surface area contributed by atoms with Crippen LogP contribution in [0.3, 0.4) is 0 Å². The van der Waals surface area contributed by atoms with Gasteiger partial charge in [-0.3, -0.25) is 0 Å². The second kappa shape index (κ2) is 6.20. The van der Waals surface area contributed by atoms with Crippen molar-refractivity contribution in [3.05, 3.63) is 55.1 Å². The summed E-state index contributed by atoms with van der Waals surface area (Å²) in [7, 11) is 0. The maximum absolute atomic E-state index is 6.26. The standard InChI is InChI=1S/C14H15BrClNS/c1-3-17-13(14-12(16)6-7-18-14)11-5-4-10(15)8-9(11)2/h4-8,13,17H,3H2,1-2H3. The second-order valence-corrected chi connectivity index (χ2v) is 6.39. The Labute approximate surface area is 125 Å². The highest BCUT2D eigenvalue weighted by molar-refractivity contribution is 9.10. The van der Waals surface area contributed by atoms with Gasteiger partial charge in [-0.2, -0.15) is 0 Å². The first-order chi connectivity index (χ1) is 8.63. The molecule has 1 atom stereocenters. The average Bonchev–Trinajstić information content (AvgIpc) is 2.73. The summed E-state index contributed by atoms with van der Waals surface area (Å²) in [6, 6.07) is 8.51. The lowest BCUT2D eigenvalue weighted by Gasteiger charge is -2.20. The molecule has 96 valence electrons. The molecule has 2 aromatic rings. The Morgan fingerprint density at radius 2 is 2.17 bits per heavy atom. The number of thiophene rings is 1. The maximum Gasteiger partial charge on any atom is 0.0688 e. The van der Waals surface area contributed by atoms with E-state index in [0.29, 0.717) is 0 Å². The van der Waals surface area contributed by atoms with Crippen molar-refractivity contribution in [3.8, 4) is 0 Å². The van der Waals surface area contributed by atoms with Crippen LogP contribution in [-0.4, -0.2) is 6.54 Å². The van der Waals surface area contributed by atoms with Crippen LogP contribution in [0.5, 0.6) is 0 Å². The van der Waals surface area contributed by atoms with Crippen LogP contribution in [0.2, 0.25) is 5.02 Å². The number of hydrogen-bond donors (Lipinski definition) is 1. The van der Waals surface area contributed by atoms with Gasteiger partial charge >= 0.3 is 0 Å². The van der Waals surface area contributed by atoms with Crippen molar-refractivity contribution in [2.75, 3.05) is 6.54 Å². The van der Waals surface area contributed by atoms with Crippen LogP contribution in [0, 0.1) is 6.92 Å². The molecule has 1 unspecified atom stereocenters. The fourth-order valence-electron chi connectivity index (χ4n) is 2.02. The normalized spacial score (nSPS) is 12.7. The fraction of sp³-hybridized carbons (Fsp3) is 0.286. The minimum Gasteiger partial charge on any atom is -0.306 e. The first kappa shape index (κ1) is 14.1. The molecule has 1 nitrogen and oxygen atoms in total. The zero-order valence-electron chi connectivity index (χ0n) is 10.3. The van der Waals surface area contributed by atoms with Crippen molar-refractivity contribution in [2.24, 2.45) is 0 Å². The minimum atomic E-state index is 0.176. The Kier molecular flexibility index (Phi) is 4.84. The third-order valence-corrected chi connectivity index (χ3v) is 4.77. The van der Waals surface area contributed by atoms with Gasteiger partial charge < -0.3 is 5.32 Å². The van der Waals surface area contributed by atoms with E-state index in [1.54, 1.807) is 11.3 Å². The second-order valence-electron chi connectivity index (χ2n) is 4.12. The van der Waals surface area contributed by atoms with Crippen LogP contribution < -0.4 is 5.32 Å². The van der Waals surface area contributed by atoms with Crippen LogP contribution in [0.1, 0.15) is 29.0 Å². The minimum absolute atomic E-state index is 0.176. The van der Waals surface area contributed by atoms with E-state index < -0.39 is 0 Å². The van der Waals surface area contributed by atoms with Crippen molar-refractivity contribution in [2.45, 2.75) is 19.9 Å². The van der Waals surface area contributed by atoms with E-state index in [1.165, 1.54) is 16.0 Å². The molecular formula is C14H15BrClNS. The highest BCUT2D eigenvalue weighted by Gasteiger charge is 2.19. The summed E-state index contributed by atoms with van der Waals surface area (Å²) in [5.41, 5.74) is 2.55. The van der Waals surface area contributed by atoms with E-state index in [-0.39, 0.29) is 6.04 Å². The third kappa shape index (κ3) is 2.97. The van der Waals surface area contributed by atoms with Crippen molar-refractivity contribution < 1.29 is 0 Å². The van der Waals surface area contributed by atoms with Crippen molar-refractivity contribution in [3.63, 3.8) is 0 Å². The molecule has 0 saturated carbocycles. The van der Waals surface area contributed by atoms with Gasteiger partial charge in [-0.05, 0) is 48.2 Å². The molecule has 18 heavy (non-hydrogen) atoms. The number of rotatable bonds is 4. The lowest BCUT2D eigenvalue weighted by molar-refractivity contribution is 0.637. The van der Waals surface area contributed by atoms with Crippen LogP contribution in [0.25, 0.3) is 0 Å². The van der Waals surface area contributed by atoms with E-state index in [0.717, 1.165) is 16.0 Å². The van der Waals surface area contributed by atoms with Gasteiger partial charge in [-0.25, -0.2) is 0 Å². The molecule has 1 heterocycles. The molecule has 0 bridgehead atoms. The van der Waals surface area contributed by atoms with Crippen molar-refractivity contribution >= 4 is 38.9 Å². The monoisotopic (exact) mass is 343 g/mol. The summed E-state index contributed by atoms with van der Waals surface area (Å²) in [6.45, 7) is 5.16. The molecule has 0 spiro atoms. The summed E-state index contributed by atoms with van der Waals surface area (Å²) >= 11 is 11.5. The molecule has 0 fully saturated rings. The molecule has 1 aromatic heterocycles. The number of halogens is 2. The molecule has 0 aliphatic heterocycles. The highest BCUT2D eigenvalue weighted by Crippen LogP contribution is 2.34. The van der Waals surface area contributed by atoms with E-state index in [2.05, 4.69) is 53.3 Å². The van der Waals surface area contributed by atoms with Crippen LogP contribution in [0.15, 0.2) is 34.1 Å². The van der Waals surface area contributed by atoms with Gasteiger partial charge in [0.05, 0.1) is 11.1 Å². The molecule has 0 radical (unpaired) electrons. The summed E-state index contributed by atoms with van der Waals surface area (Å²) < 4.78 is 1.11. The number of benzene rings is 1. The molecule has 0 aliphatic carbocycles. The van der Waals surface area contributed by atoms with Gasteiger partial charge in [-0.1, -0.05) is 40.5 Å². The first-order valence-electron chi connectivity index (χ1n) is 5.85. The quantitative estimate of drug-likeness (QED) is 0.806. The Bertz CT molecular complexity index is 538. The lowest BCUT2D eigenvalue weighted by Crippen LogP contribution is -2.22. The van der Waals surface area contributed by atoms with Crippen molar-refractivity contribution in [1.82, 2.24) is 5.32 Å². The van der Waals surface area contributed by atoms with Gasteiger partial charge in [0.2, 0.25) is 0 Å². The van der Waals surface area contributed by atoms with E-state index in [4.69, 9.17) is 11.6 Å². The number of nitrogens with one attached hydrogen (secondary N) is 1. The Balaban J connectivity index is 2.45. The van der Waals surface area contributed by atoms with Crippen LogP contribution in [-0.2, 0) is 0 Å².